The Morgan fingerprint density at radius 3 is 2.65 bits per heavy atom. The molecule has 0 aliphatic carbocycles. The largest absolute Gasteiger partial charge is 0.378 e. The molecule has 1 fully saturated rings. The molecule has 23 heavy (non-hydrogen) atoms. The molecule has 1 N–H and O–H groups in total. The van der Waals surface area contributed by atoms with Crippen molar-refractivity contribution in [1.82, 2.24) is 10.2 Å². The number of non-ortho nitro benzene ring substituents is 1. The van der Waals surface area contributed by atoms with Crippen molar-refractivity contribution in [2.45, 2.75) is 38.9 Å². The Morgan fingerprint density at radius 1 is 1.43 bits per heavy atom. The summed E-state index contributed by atoms with van der Waals surface area (Å²) in [5.41, 5.74) is 0.935. The lowest BCUT2D eigenvalue weighted by atomic mass is 10.1. The number of hydrogen-bond donors (Lipinski definition) is 1. The van der Waals surface area contributed by atoms with Gasteiger partial charge in [-0.15, -0.1) is 0 Å². The number of morpholine rings is 1. The van der Waals surface area contributed by atoms with Gasteiger partial charge in [-0.25, -0.2) is 0 Å². The summed E-state index contributed by atoms with van der Waals surface area (Å²) in [5.74, 6) is 0.0568. The molecular formula is C16H23N3O4. The molecule has 0 spiro atoms. The fourth-order valence-electron chi connectivity index (χ4n) is 2.56. The van der Waals surface area contributed by atoms with Crippen LogP contribution in [0.5, 0.6) is 0 Å². The molecule has 1 heterocycles. The number of carbonyl (C=O) groups is 1. The predicted molar refractivity (Wildman–Crippen MR) is 86.0 cm³/mol. The maximum Gasteiger partial charge on any atom is 0.269 e. The van der Waals surface area contributed by atoms with Crippen LogP contribution in [0.3, 0.4) is 0 Å². The molecule has 0 saturated carbocycles. The van der Waals surface area contributed by atoms with E-state index in [4.69, 9.17) is 4.74 Å². The molecule has 1 aromatic carbocycles. The minimum Gasteiger partial charge on any atom is -0.378 e. The minimum absolute atomic E-state index is 0.0503. The van der Waals surface area contributed by atoms with Crippen molar-refractivity contribution >= 4 is 11.6 Å². The monoisotopic (exact) mass is 321 g/mol. The second-order valence-electron chi connectivity index (χ2n) is 5.97. The fraction of sp³-hybridized carbons (Fsp3) is 0.562. The zero-order valence-corrected chi connectivity index (χ0v) is 13.5. The third-order valence-corrected chi connectivity index (χ3v) is 3.86. The molecule has 1 amide bonds. The van der Waals surface area contributed by atoms with Crippen LogP contribution in [0.4, 0.5) is 5.69 Å². The second kappa shape index (κ2) is 8.03. The van der Waals surface area contributed by atoms with Crippen LogP contribution >= 0.6 is 0 Å². The molecule has 2 rings (SSSR count). The topological polar surface area (TPSA) is 84.7 Å². The Labute approximate surface area is 135 Å². The summed E-state index contributed by atoms with van der Waals surface area (Å²) < 4.78 is 5.38. The van der Waals surface area contributed by atoms with Gasteiger partial charge < -0.3 is 15.0 Å². The highest BCUT2D eigenvalue weighted by atomic mass is 16.6. The average Bonchev–Trinajstić information content (AvgIpc) is 2.53. The first kappa shape index (κ1) is 17.4. The molecule has 0 bridgehead atoms. The zero-order valence-electron chi connectivity index (χ0n) is 13.5. The maximum atomic E-state index is 12.6. The van der Waals surface area contributed by atoms with Crippen LogP contribution in [0, 0.1) is 10.1 Å². The summed E-state index contributed by atoms with van der Waals surface area (Å²) in [5, 5.41) is 14.0. The van der Waals surface area contributed by atoms with Gasteiger partial charge in [-0.1, -0.05) is 12.1 Å². The van der Waals surface area contributed by atoms with Gasteiger partial charge in [0.25, 0.3) is 5.69 Å². The summed E-state index contributed by atoms with van der Waals surface area (Å²) in [6.07, 6.45) is 0.394. The van der Waals surface area contributed by atoms with E-state index in [0.717, 1.165) is 12.1 Å². The maximum absolute atomic E-state index is 12.6. The zero-order chi connectivity index (χ0) is 16.8. The minimum atomic E-state index is -0.427. The molecule has 1 saturated heterocycles. The van der Waals surface area contributed by atoms with Crippen molar-refractivity contribution in [3.8, 4) is 0 Å². The molecule has 1 atom stereocenters. The summed E-state index contributed by atoms with van der Waals surface area (Å²) >= 11 is 0. The van der Waals surface area contributed by atoms with Crippen LogP contribution in [-0.2, 0) is 16.1 Å². The third kappa shape index (κ3) is 5.01. The number of benzene rings is 1. The van der Waals surface area contributed by atoms with Crippen LogP contribution < -0.4 is 5.32 Å². The molecule has 7 heteroatoms. The number of hydrogen-bond acceptors (Lipinski definition) is 5. The van der Waals surface area contributed by atoms with Crippen molar-refractivity contribution in [2.75, 3.05) is 19.8 Å². The van der Waals surface area contributed by atoms with Crippen LogP contribution in [0.25, 0.3) is 0 Å². The molecule has 126 valence electrons. The SMILES string of the molecule is CC(C)N(Cc1ccc([N+](=O)[O-])cc1)C(=O)CC1COCCN1. The van der Waals surface area contributed by atoms with Crippen LogP contribution in [-0.4, -0.2) is 47.6 Å². The Balaban J connectivity index is 1.99. The van der Waals surface area contributed by atoms with Crippen LogP contribution in [0.2, 0.25) is 0 Å². The predicted octanol–water partition coefficient (Wildman–Crippen LogP) is 1.71. The highest BCUT2D eigenvalue weighted by molar-refractivity contribution is 5.77. The van der Waals surface area contributed by atoms with Gasteiger partial charge in [-0.05, 0) is 19.4 Å². The van der Waals surface area contributed by atoms with Gasteiger partial charge in [0.2, 0.25) is 5.91 Å². The van der Waals surface area contributed by atoms with Gasteiger partial charge in [0.15, 0.2) is 0 Å². The summed E-state index contributed by atoms with van der Waals surface area (Å²) in [6, 6.07) is 6.44. The van der Waals surface area contributed by atoms with Crippen LogP contribution in [0.1, 0.15) is 25.8 Å². The lowest BCUT2D eigenvalue weighted by molar-refractivity contribution is -0.384. The highest BCUT2D eigenvalue weighted by Gasteiger charge is 2.23. The molecule has 0 radical (unpaired) electrons. The number of amides is 1. The first-order valence-corrected chi connectivity index (χ1v) is 7.81. The standard InChI is InChI=1S/C16H23N3O4/c1-12(2)18(16(20)9-14-11-23-8-7-17-14)10-13-3-5-15(6-4-13)19(21)22/h3-6,12,14,17H,7-11H2,1-2H3. The van der Waals surface area contributed by atoms with Gasteiger partial charge in [-0.2, -0.15) is 0 Å². The molecule has 7 nitrogen and oxygen atoms in total. The summed E-state index contributed by atoms with van der Waals surface area (Å²) in [6.45, 7) is 6.38. The quantitative estimate of drug-likeness (QED) is 0.637. The van der Waals surface area contributed by atoms with E-state index in [0.29, 0.717) is 26.2 Å². The van der Waals surface area contributed by atoms with Gasteiger partial charge in [0.1, 0.15) is 0 Å². The van der Waals surface area contributed by atoms with E-state index in [-0.39, 0.29) is 23.7 Å². The van der Waals surface area contributed by atoms with Gasteiger partial charge in [0, 0.05) is 43.7 Å². The van der Waals surface area contributed by atoms with E-state index in [1.807, 2.05) is 13.8 Å². The number of nitrogens with one attached hydrogen (secondary N) is 1. The molecule has 1 aliphatic rings. The Kier molecular flexibility index (Phi) is 6.06. The lowest BCUT2D eigenvalue weighted by Crippen LogP contribution is -2.46. The molecule has 1 unspecified atom stereocenters. The average molecular weight is 321 g/mol. The van der Waals surface area contributed by atoms with E-state index in [1.165, 1.54) is 12.1 Å². The van der Waals surface area contributed by atoms with Gasteiger partial charge in [-0.3, -0.25) is 14.9 Å². The Hall–Kier alpha value is -1.99. The van der Waals surface area contributed by atoms with E-state index >= 15 is 0 Å². The molecule has 0 aromatic heterocycles. The van der Waals surface area contributed by atoms with Gasteiger partial charge >= 0.3 is 0 Å². The van der Waals surface area contributed by atoms with Crippen molar-refractivity contribution in [1.29, 1.82) is 0 Å². The number of rotatable bonds is 6. The molecule has 1 aromatic rings. The second-order valence-corrected chi connectivity index (χ2v) is 5.97. The first-order chi connectivity index (χ1) is 11.0. The highest BCUT2D eigenvalue weighted by Crippen LogP contribution is 2.16. The normalized spacial score (nSPS) is 18.0. The molecular weight excluding hydrogens is 298 g/mol. The number of carbonyl (C=O) groups excluding carboxylic acids is 1. The van der Waals surface area contributed by atoms with E-state index < -0.39 is 4.92 Å². The first-order valence-electron chi connectivity index (χ1n) is 7.81. The van der Waals surface area contributed by atoms with Crippen molar-refractivity contribution in [3.05, 3.63) is 39.9 Å². The third-order valence-electron chi connectivity index (χ3n) is 3.86. The number of nitrogens with zero attached hydrogens (tertiary/aromatic N) is 2. The smallest absolute Gasteiger partial charge is 0.269 e. The van der Waals surface area contributed by atoms with Crippen molar-refractivity contribution < 1.29 is 14.5 Å². The lowest BCUT2D eigenvalue weighted by Gasteiger charge is -2.30. The Bertz CT molecular complexity index is 539. The number of nitro benzene ring substituents is 1. The van der Waals surface area contributed by atoms with E-state index in [1.54, 1.807) is 17.0 Å². The summed E-state index contributed by atoms with van der Waals surface area (Å²) in [7, 11) is 0. The fourth-order valence-corrected chi connectivity index (χ4v) is 2.56. The van der Waals surface area contributed by atoms with E-state index in [2.05, 4.69) is 5.32 Å². The van der Waals surface area contributed by atoms with E-state index in [9.17, 15) is 14.9 Å². The van der Waals surface area contributed by atoms with Crippen molar-refractivity contribution in [3.63, 3.8) is 0 Å². The molecule has 1 aliphatic heterocycles. The number of ether oxygens (including phenoxy) is 1. The van der Waals surface area contributed by atoms with Crippen molar-refractivity contribution in [2.24, 2.45) is 0 Å². The number of nitro groups is 1. The van der Waals surface area contributed by atoms with Crippen LogP contribution in [0.15, 0.2) is 24.3 Å². The Morgan fingerprint density at radius 2 is 2.13 bits per heavy atom. The summed E-state index contributed by atoms with van der Waals surface area (Å²) in [4.78, 5) is 24.6. The van der Waals surface area contributed by atoms with Gasteiger partial charge in [0.05, 0.1) is 18.1 Å².